The van der Waals surface area contributed by atoms with E-state index >= 15 is 0 Å². The molecule has 1 unspecified atom stereocenters. The van der Waals surface area contributed by atoms with Gasteiger partial charge in [0.2, 0.25) is 0 Å². The highest BCUT2D eigenvalue weighted by Crippen LogP contribution is 2.26. The maximum absolute atomic E-state index is 12.5. The van der Waals surface area contributed by atoms with Gasteiger partial charge in [-0.1, -0.05) is 24.3 Å². The lowest BCUT2D eigenvalue weighted by atomic mass is 10.1. The maximum atomic E-state index is 12.5. The van der Waals surface area contributed by atoms with E-state index in [1.807, 2.05) is 19.4 Å². The quantitative estimate of drug-likeness (QED) is 0.914. The minimum absolute atomic E-state index is 0.0453. The molecule has 5 heteroatoms. The van der Waals surface area contributed by atoms with E-state index in [2.05, 4.69) is 10.3 Å². The van der Waals surface area contributed by atoms with Gasteiger partial charge in [0.25, 0.3) is 6.43 Å². The third kappa shape index (κ3) is 2.73. The van der Waals surface area contributed by atoms with Crippen LogP contribution in [0.3, 0.4) is 0 Å². The molecule has 0 aliphatic carbocycles. The summed E-state index contributed by atoms with van der Waals surface area (Å²) in [5.74, 6) is 0. The molecule has 1 aromatic carbocycles. The number of alkyl halides is 2. The van der Waals surface area contributed by atoms with Crippen molar-refractivity contribution in [3.63, 3.8) is 0 Å². The fourth-order valence-corrected chi connectivity index (χ4v) is 2.70. The summed E-state index contributed by atoms with van der Waals surface area (Å²) >= 11 is 1.57. The first-order chi connectivity index (χ1) is 8.61. The third-order valence-corrected chi connectivity index (χ3v) is 3.72. The molecule has 1 atom stereocenters. The van der Waals surface area contributed by atoms with Gasteiger partial charge in [0.15, 0.2) is 0 Å². The fourth-order valence-electron chi connectivity index (χ4n) is 1.77. The Balaban J connectivity index is 2.28. The van der Waals surface area contributed by atoms with E-state index in [-0.39, 0.29) is 11.6 Å². The Labute approximate surface area is 109 Å². The number of nitrogens with zero attached hydrogens (tertiary/aromatic N) is 1. The second-order valence-electron chi connectivity index (χ2n) is 4.02. The van der Waals surface area contributed by atoms with Gasteiger partial charge in [-0.3, -0.25) is 0 Å². The zero-order chi connectivity index (χ0) is 13.1. The summed E-state index contributed by atoms with van der Waals surface area (Å²) in [5.41, 5.74) is 1.96. The van der Waals surface area contributed by atoms with Crippen LogP contribution in [0.5, 0.6) is 0 Å². The summed E-state index contributed by atoms with van der Waals surface area (Å²) in [5, 5.41) is 6.08. The van der Waals surface area contributed by atoms with Crippen molar-refractivity contribution < 1.29 is 8.78 Å². The summed E-state index contributed by atoms with van der Waals surface area (Å²) in [6.07, 6.45) is -2.42. The van der Waals surface area contributed by atoms with E-state index in [4.69, 9.17) is 0 Å². The van der Waals surface area contributed by atoms with Crippen molar-refractivity contribution in [2.24, 2.45) is 0 Å². The van der Waals surface area contributed by atoms with Gasteiger partial charge in [-0.05, 0) is 19.5 Å². The van der Waals surface area contributed by atoms with Crippen molar-refractivity contribution in [2.45, 2.75) is 19.4 Å². The summed E-state index contributed by atoms with van der Waals surface area (Å²) in [6.45, 7) is 1.94. The second-order valence-corrected chi connectivity index (χ2v) is 4.91. The number of hydrogen-bond acceptors (Lipinski definition) is 3. The molecule has 2 rings (SSSR count). The fraction of sp³-hybridized carbons (Fsp3) is 0.308. The molecule has 2 nitrogen and oxygen atoms in total. The topological polar surface area (TPSA) is 24.9 Å². The highest BCUT2D eigenvalue weighted by atomic mass is 32.1. The minimum Gasteiger partial charge on any atom is -0.307 e. The van der Waals surface area contributed by atoms with Gasteiger partial charge in [0.1, 0.15) is 5.01 Å². The summed E-state index contributed by atoms with van der Waals surface area (Å²) in [7, 11) is 1.84. The zero-order valence-electron chi connectivity index (χ0n) is 10.2. The average Bonchev–Trinajstić information content (AvgIpc) is 2.77. The van der Waals surface area contributed by atoms with E-state index in [1.165, 1.54) is 12.1 Å². The van der Waals surface area contributed by atoms with Crippen LogP contribution in [0, 0.1) is 6.92 Å². The first-order valence-electron chi connectivity index (χ1n) is 5.59. The van der Waals surface area contributed by atoms with Gasteiger partial charge in [0.05, 0.1) is 6.04 Å². The van der Waals surface area contributed by atoms with Gasteiger partial charge in [0, 0.05) is 16.6 Å². The molecule has 18 heavy (non-hydrogen) atoms. The van der Waals surface area contributed by atoms with Crippen LogP contribution >= 0.6 is 11.3 Å². The Kier molecular flexibility index (Phi) is 4.04. The molecule has 0 saturated heterocycles. The van der Waals surface area contributed by atoms with Crippen molar-refractivity contribution in [3.05, 3.63) is 51.5 Å². The van der Waals surface area contributed by atoms with E-state index in [9.17, 15) is 8.78 Å². The zero-order valence-corrected chi connectivity index (χ0v) is 11.0. The second kappa shape index (κ2) is 5.54. The lowest BCUT2D eigenvalue weighted by Crippen LogP contribution is -2.17. The maximum Gasteiger partial charge on any atom is 0.263 e. The van der Waals surface area contributed by atoms with Crippen LogP contribution in [0.2, 0.25) is 0 Å². The highest BCUT2D eigenvalue weighted by Gasteiger charge is 2.16. The first-order valence-corrected chi connectivity index (χ1v) is 6.47. The molecule has 0 aliphatic rings. The number of aromatic nitrogens is 1. The molecule has 1 heterocycles. The van der Waals surface area contributed by atoms with E-state index in [0.717, 1.165) is 16.3 Å². The molecule has 0 spiro atoms. The van der Waals surface area contributed by atoms with E-state index in [1.54, 1.807) is 23.5 Å². The normalized spacial score (nSPS) is 12.9. The van der Waals surface area contributed by atoms with Crippen LogP contribution in [0.1, 0.15) is 34.3 Å². The monoisotopic (exact) mass is 268 g/mol. The number of hydrogen-bond donors (Lipinski definition) is 1. The molecule has 96 valence electrons. The number of aryl methyl sites for hydroxylation is 1. The SMILES string of the molecule is CNC(c1ccc(C(F)F)cc1)c1nc(C)cs1. The van der Waals surface area contributed by atoms with Gasteiger partial charge in [-0.2, -0.15) is 0 Å². The predicted octanol–water partition coefficient (Wildman–Crippen LogP) is 3.70. The van der Waals surface area contributed by atoms with Crippen LogP contribution in [-0.4, -0.2) is 12.0 Å². The van der Waals surface area contributed by atoms with Crippen molar-refractivity contribution in [3.8, 4) is 0 Å². The lowest BCUT2D eigenvalue weighted by molar-refractivity contribution is 0.151. The van der Waals surface area contributed by atoms with Gasteiger partial charge in [-0.15, -0.1) is 11.3 Å². The molecule has 0 saturated carbocycles. The number of halogens is 2. The van der Waals surface area contributed by atoms with Crippen molar-refractivity contribution in [1.82, 2.24) is 10.3 Å². The molecule has 0 fully saturated rings. The van der Waals surface area contributed by atoms with Crippen LogP contribution in [0.25, 0.3) is 0 Å². The van der Waals surface area contributed by atoms with Crippen LogP contribution in [-0.2, 0) is 0 Å². The number of thiazole rings is 1. The Morgan fingerprint density at radius 3 is 2.22 bits per heavy atom. The third-order valence-electron chi connectivity index (χ3n) is 2.69. The Morgan fingerprint density at radius 1 is 1.17 bits per heavy atom. The Hall–Kier alpha value is -1.33. The largest absolute Gasteiger partial charge is 0.307 e. The molecular weight excluding hydrogens is 254 g/mol. The summed E-state index contributed by atoms with van der Waals surface area (Å²) < 4.78 is 25.0. The molecule has 2 aromatic rings. The van der Waals surface area contributed by atoms with Gasteiger partial charge >= 0.3 is 0 Å². The van der Waals surface area contributed by atoms with E-state index < -0.39 is 6.43 Å². The number of rotatable bonds is 4. The van der Waals surface area contributed by atoms with E-state index in [0.29, 0.717) is 0 Å². The molecule has 0 aliphatic heterocycles. The van der Waals surface area contributed by atoms with Crippen LogP contribution in [0.15, 0.2) is 29.6 Å². The molecule has 0 bridgehead atoms. The smallest absolute Gasteiger partial charge is 0.263 e. The molecule has 0 amide bonds. The van der Waals surface area contributed by atoms with Crippen molar-refractivity contribution >= 4 is 11.3 Å². The Morgan fingerprint density at radius 2 is 1.78 bits per heavy atom. The Bertz CT molecular complexity index is 508. The lowest BCUT2D eigenvalue weighted by Gasteiger charge is -2.14. The standard InChI is InChI=1S/C13H14F2N2S/c1-8-7-18-13(17-8)11(16-2)9-3-5-10(6-4-9)12(14)15/h3-7,11-12,16H,1-2H3. The van der Waals surface area contributed by atoms with Crippen LogP contribution < -0.4 is 5.32 Å². The molecule has 1 N–H and O–H groups in total. The first kappa shape index (κ1) is 13.1. The van der Waals surface area contributed by atoms with Gasteiger partial charge < -0.3 is 5.32 Å². The summed E-state index contributed by atoms with van der Waals surface area (Å²) in [6, 6.07) is 6.32. The highest BCUT2D eigenvalue weighted by molar-refractivity contribution is 7.09. The molecule has 0 radical (unpaired) electrons. The van der Waals surface area contributed by atoms with Crippen LogP contribution in [0.4, 0.5) is 8.78 Å². The molecular formula is C13H14F2N2S. The average molecular weight is 268 g/mol. The van der Waals surface area contributed by atoms with Gasteiger partial charge in [-0.25, -0.2) is 13.8 Å². The van der Waals surface area contributed by atoms with Crippen molar-refractivity contribution in [1.29, 1.82) is 0 Å². The minimum atomic E-state index is -2.42. The predicted molar refractivity (Wildman–Crippen MR) is 69.2 cm³/mol. The van der Waals surface area contributed by atoms with Crippen molar-refractivity contribution in [2.75, 3.05) is 7.05 Å². The number of benzene rings is 1. The molecule has 1 aromatic heterocycles. The summed E-state index contributed by atoms with van der Waals surface area (Å²) in [4.78, 5) is 4.42. The number of nitrogens with one attached hydrogen (secondary N) is 1.